The molecule has 0 fully saturated rings. The molecule has 0 heterocycles. The van der Waals surface area contributed by atoms with Gasteiger partial charge in [0.25, 0.3) is 0 Å². The van der Waals surface area contributed by atoms with Crippen molar-refractivity contribution in [2.24, 2.45) is 27.9 Å². The van der Waals surface area contributed by atoms with Crippen LogP contribution in [0.3, 0.4) is 0 Å². The van der Waals surface area contributed by atoms with E-state index in [4.69, 9.17) is 27.7 Å². The first kappa shape index (κ1) is 25.0. The van der Waals surface area contributed by atoms with Crippen LogP contribution in [0.25, 0.3) is 0 Å². The van der Waals surface area contributed by atoms with Gasteiger partial charge in [-0.25, -0.2) is 9.18 Å². The van der Waals surface area contributed by atoms with Crippen molar-refractivity contribution in [3.8, 4) is 6.07 Å². The Hall–Kier alpha value is -4.04. The number of halogens is 1. The summed E-state index contributed by atoms with van der Waals surface area (Å²) in [5.74, 6) is -2.29. The van der Waals surface area contributed by atoms with E-state index in [-0.39, 0.29) is 51.9 Å². The van der Waals surface area contributed by atoms with Gasteiger partial charge in [-0.1, -0.05) is 0 Å². The van der Waals surface area contributed by atoms with E-state index in [9.17, 15) is 19.6 Å². The number of benzene rings is 1. The molecule has 166 valence electrons. The number of nitrogens with two attached hydrogens (primary N) is 4. The average Bonchev–Trinajstić information content (AvgIpc) is 2.70. The summed E-state index contributed by atoms with van der Waals surface area (Å²) >= 11 is 0. The highest BCUT2D eigenvalue weighted by Gasteiger charge is 2.20. The van der Waals surface area contributed by atoms with E-state index in [2.05, 4.69) is 10.3 Å². The van der Waals surface area contributed by atoms with E-state index in [0.29, 0.717) is 0 Å². The molecule has 1 atom stereocenters. The molecule has 0 spiro atoms. The number of ether oxygens (including phenoxy) is 1. The summed E-state index contributed by atoms with van der Waals surface area (Å²) < 4.78 is 19.4. The fourth-order valence-corrected chi connectivity index (χ4v) is 2.69. The van der Waals surface area contributed by atoms with E-state index in [1.54, 1.807) is 7.05 Å². The first-order valence-electron chi connectivity index (χ1n) is 8.99. The topological polar surface area (TPSA) is 199 Å². The number of aromatic carboxylic acids is 1. The molecule has 0 aliphatic rings. The van der Waals surface area contributed by atoms with Crippen LogP contribution in [-0.2, 0) is 4.74 Å². The zero-order chi connectivity index (χ0) is 23.7. The molecule has 0 bridgehead atoms. The van der Waals surface area contributed by atoms with Crippen molar-refractivity contribution >= 4 is 11.7 Å². The van der Waals surface area contributed by atoms with Gasteiger partial charge in [0.05, 0.1) is 11.1 Å². The molecule has 0 radical (unpaired) electrons. The molecular weight excluding hydrogens is 405 g/mol. The van der Waals surface area contributed by atoms with Crippen molar-refractivity contribution < 1.29 is 19.0 Å². The molecule has 1 rings (SSSR count). The van der Waals surface area contributed by atoms with E-state index >= 15 is 0 Å². The lowest BCUT2D eigenvalue weighted by molar-refractivity contribution is 0.0686. The first-order chi connectivity index (χ1) is 14.6. The smallest absolute Gasteiger partial charge is 0.336 e. The number of aliphatic imine (C=N–C) groups is 1. The Morgan fingerprint density at radius 1 is 1.39 bits per heavy atom. The number of likely N-dealkylation sites (N-methyl/N-ethyl adjacent to an activating group) is 1. The van der Waals surface area contributed by atoms with Crippen LogP contribution in [0.5, 0.6) is 0 Å². The molecule has 1 aromatic rings. The van der Waals surface area contributed by atoms with Gasteiger partial charge in [-0.05, 0) is 32.2 Å². The maximum Gasteiger partial charge on any atom is 0.336 e. The number of allylic oxidation sites excluding steroid dienone is 2. The number of carboxylic acid groups (broad SMARTS) is 1. The monoisotopic (exact) mass is 431 g/mol. The van der Waals surface area contributed by atoms with Gasteiger partial charge in [-0.2, -0.15) is 5.26 Å². The minimum absolute atomic E-state index is 0.0109. The van der Waals surface area contributed by atoms with Crippen molar-refractivity contribution in [2.45, 2.75) is 13.0 Å². The number of nitriles is 1. The number of nitrogens with one attached hydrogen (secondary N) is 1. The highest BCUT2D eigenvalue weighted by atomic mass is 19.1. The third-order valence-electron chi connectivity index (χ3n) is 4.10. The number of nitrogens with zero attached hydrogens (tertiary/aromatic N) is 2. The predicted molar refractivity (Wildman–Crippen MR) is 115 cm³/mol. The zero-order valence-corrected chi connectivity index (χ0v) is 17.4. The van der Waals surface area contributed by atoms with Crippen molar-refractivity contribution in [3.05, 3.63) is 69.8 Å². The van der Waals surface area contributed by atoms with Crippen LogP contribution in [0.2, 0.25) is 0 Å². The van der Waals surface area contributed by atoms with E-state index in [0.717, 1.165) is 18.2 Å². The van der Waals surface area contributed by atoms with Crippen molar-refractivity contribution in [1.82, 2.24) is 5.32 Å². The SMILES string of the molecule is CN=C(C#N)C(/C(N)=C/C(OC(C)c1cc(F)ccc1C(=O)O)=C(N)N)=C(\N)CNC. The molecule has 0 saturated carbocycles. The summed E-state index contributed by atoms with van der Waals surface area (Å²) in [7, 11) is 3.06. The quantitative estimate of drug-likeness (QED) is 0.184. The maximum absolute atomic E-state index is 13.7. The first-order valence-corrected chi connectivity index (χ1v) is 8.99. The van der Waals surface area contributed by atoms with Crippen LogP contribution in [0.4, 0.5) is 4.39 Å². The van der Waals surface area contributed by atoms with Crippen LogP contribution >= 0.6 is 0 Å². The highest BCUT2D eigenvalue weighted by molar-refractivity contribution is 6.14. The van der Waals surface area contributed by atoms with Gasteiger partial charge < -0.3 is 38.1 Å². The van der Waals surface area contributed by atoms with Crippen molar-refractivity contribution in [3.63, 3.8) is 0 Å². The Kier molecular flexibility index (Phi) is 9.05. The lowest BCUT2D eigenvalue weighted by atomic mass is 10.0. The van der Waals surface area contributed by atoms with Crippen LogP contribution in [0, 0.1) is 17.1 Å². The fraction of sp³-hybridized carbons (Fsp3) is 0.250. The van der Waals surface area contributed by atoms with Gasteiger partial charge >= 0.3 is 5.97 Å². The number of carbonyl (C=O) groups is 1. The van der Waals surface area contributed by atoms with Crippen LogP contribution in [0.15, 0.2) is 57.8 Å². The predicted octanol–water partition coefficient (Wildman–Crippen LogP) is 0.557. The molecule has 1 aromatic carbocycles. The van der Waals surface area contributed by atoms with Gasteiger partial charge in [0.1, 0.15) is 29.5 Å². The summed E-state index contributed by atoms with van der Waals surface area (Å²) in [6, 6.07) is 5.10. The maximum atomic E-state index is 13.7. The van der Waals surface area contributed by atoms with Crippen LogP contribution < -0.4 is 28.3 Å². The third-order valence-corrected chi connectivity index (χ3v) is 4.10. The Labute approximate surface area is 179 Å². The van der Waals surface area contributed by atoms with Gasteiger partial charge in [0, 0.05) is 36.6 Å². The van der Waals surface area contributed by atoms with E-state index < -0.39 is 17.9 Å². The highest BCUT2D eigenvalue weighted by Crippen LogP contribution is 2.26. The Bertz CT molecular complexity index is 1000. The third kappa shape index (κ3) is 6.48. The number of hydrogen-bond donors (Lipinski definition) is 6. The van der Waals surface area contributed by atoms with Crippen molar-refractivity contribution in [1.29, 1.82) is 5.26 Å². The number of rotatable bonds is 9. The lowest BCUT2D eigenvalue weighted by Crippen LogP contribution is -2.24. The Morgan fingerprint density at radius 2 is 2.03 bits per heavy atom. The van der Waals surface area contributed by atoms with Gasteiger partial charge in [-0.3, -0.25) is 4.99 Å². The number of hydrogen-bond acceptors (Lipinski definition) is 9. The Morgan fingerprint density at radius 3 is 2.52 bits per heavy atom. The molecular formula is C20H26FN7O3. The molecule has 0 amide bonds. The second-order valence-electron chi connectivity index (χ2n) is 6.33. The average molecular weight is 431 g/mol. The summed E-state index contributed by atoms with van der Waals surface area (Å²) in [6.07, 6.45) is 0.284. The molecule has 10 N–H and O–H groups in total. The molecule has 0 aliphatic heterocycles. The second-order valence-corrected chi connectivity index (χ2v) is 6.33. The summed E-state index contributed by atoms with van der Waals surface area (Å²) in [6.45, 7) is 1.71. The molecule has 0 saturated heterocycles. The molecule has 11 heteroatoms. The van der Waals surface area contributed by atoms with Crippen molar-refractivity contribution in [2.75, 3.05) is 20.6 Å². The minimum atomic E-state index is -1.25. The zero-order valence-electron chi connectivity index (χ0n) is 17.4. The molecule has 31 heavy (non-hydrogen) atoms. The standard InChI is InChI=1S/C20H26FN7O3/c1-10(13-6-11(21)4-5-12(13)20(29)30)31-17(19(25)26)7-14(23)18(15(24)9-27-2)16(8-22)28-3/h4-7,10,27H,9,23-26H2,1-3H3,(H,29,30)/b14-7-,18-15-,28-16?. The molecule has 1 unspecified atom stereocenters. The summed E-state index contributed by atoms with van der Waals surface area (Å²) in [5, 5.41) is 21.5. The second kappa shape index (κ2) is 11.2. The van der Waals surface area contributed by atoms with E-state index in [1.807, 2.05) is 6.07 Å². The molecule has 0 aliphatic carbocycles. The lowest BCUT2D eigenvalue weighted by Gasteiger charge is -2.19. The largest absolute Gasteiger partial charge is 0.482 e. The molecule has 0 aromatic heterocycles. The van der Waals surface area contributed by atoms with Gasteiger partial charge in [0.2, 0.25) is 0 Å². The van der Waals surface area contributed by atoms with Gasteiger partial charge in [0.15, 0.2) is 5.76 Å². The van der Waals surface area contributed by atoms with Crippen LogP contribution in [0.1, 0.15) is 28.9 Å². The normalized spacial score (nSPS) is 13.6. The van der Waals surface area contributed by atoms with Crippen LogP contribution in [-0.4, -0.2) is 37.4 Å². The molecule has 10 nitrogen and oxygen atoms in total. The van der Waals surface area contributed by atoms with E-state index in [1.165, 1.54) is 20.0 Å². The minimum Gasteiger partial charge on any atom is -0.482 e. The number of carboxylic acids is 1. The Balaban J connectivity index is 3.45. The summed E-state index contributed by atoms with van der Waals surface area (Å²) in [5.41, 5.74) is 23.9. The summed E-state index contributed by atoms with van der Waals surface area (Å²) in [4.78, 5) is 15.3. The fourth-order valence-electron chi connectivity index (χ4n) is 2.69. The van der Waals surface area contributed by atoms with Gasteiger partial charge in [-0.15, -0.1) is 0 Å².